The third kappa shape index (κ3) is 26.6. The Morgan fingerprint density at radius 2 is 1.11 bits per heavy atom. The summed E-state index contributed by atoms with van der Waals surface area (Å²) in [6, 6.07) is 0. The maximum atomic E-state index is 12.2. The van der Waals surface area contributed by atoms with Gasteiger partial charge in [-0.2, -0.15) is 13.2 Å². The highest BCUT2D eigenvalue weighted by atomic mass is 19.4. The van der Waals surface area contributed by atoms with E-state index in [1.165, 1.54) is 116 Å². The summed E-state index contributed by atoms with van der Waals surface area (Å²) in [5, 5.41) is 5.50. The molecule has 38 heavy (non-hydrogen) atoms. The first-order chi connectivity index (χ1) is 18.4. The second-order valence-electron chi connectivity index (χ2n) is 11.1. The Kier molecular flexibility index (Phi) is 26.8. The lowest BCUT2D eigenvalue weighted by Crippen LogP contribution is -2.37. The van der Waals surface area contributed by atoms with Gasteiger partial charge in [0.1, 0.15) is 0 Å². The Bertz CT molecular complexity index is 537. The lowest BCUT2D eigenvalue weighted by Gasteiger charge is -2.17. The summed E-state index contributed by atoms with van der Waals surface area (Å²) in [5.74, 6) is -1.04. The SMILES string of the molecule is CCCCCCCCC=CCNCCCCCCC(CCCCCC)CCCCCCNC(=O)C(F)(F)F. The van der Waals surface area contributed by atoms with Crippen molar-refractivity contribution in [2.75, 3.05) is 19.6 Å². The van der Waals surface area contributed by atoms with Crippen LogP contribution in [0.3, 0.4) is 0 Å². The van der Waals surface area contributed by atoms with Crippen LogP contribution in [0.1, 0.15) is 155 Å². The third-order valence-electron chi connectivity index (χ3n) is 7.42. The van der Waals surface area contributed by atoms with Crippen LogP contribution in [-0.4, -0.2) is 31.7 Å². The number of halogens is 3. The van der Waals surface area contributed by atoms with Crippen molar-refractivity contribution >= 4 is 5.91 Å². The van der Waals surface area contributed by atoms with E-state index in [4.69, 9.17) is 0 Å². The largest absolute Gasteiger partial charge is 0.471 e. The Morgan fingerprint density at radius 1 is 0.632 bits per heavy atom. The van der Waals surface area contributed by atoms with Gasteiger partial charge < -0.3 is 10.6 Å². The molecule has 0 saturated heterocycles. The zero-order valence-electron chi connectivity index (χ0n) is 25.0. The Hall–Kier alpha value is -1.04. The molecule has 0 aliphatic carbocycles. The monoisotopic (exact) mass is 546 g/mol. The molecule has 2 N–H and O–H groups in total. The summed E-state index contributed by atoms with van der Waals surface area (Å²) < 4.78 is 36.6. The van der Waals surface area contributed by atoms with Crippen molar-refractivity contribution < 1.29 is 18.0 Å². The molecule has 0 aromatic heterocycles. The van der Waals surface area contributed by atoms with Gasteiger partial charge in [0, 0.05) is 13.1 Å². The summed E-state index contributed by atoms with van der Waals surface area (Å²) in [7, 11) is 0. The highest BCUT2D eigenvalue weighted by Crippen LogP contribution is 2.24. The van der Waals surface area contributed by atoms with Crippen LogP contribution in [0.25, 0.3) is 0 Å². The van der Waals surface area contributed by atoms with Crippen LogP contribution in [0, 0.1) is 5.92 Å². The molecule has 1 unspecified atom stereocenters. The smallest absolute Gasteiger partial charge is 0.348 e. The molecule has 0 spiro atoms. The number of rotatable bonds is 28. The average Bonchev–Trinajstić information content (AvgIpc) is 2.89. The molecular formula is C32H61F3N2O. The van der Waals surface area contributed by atoms with Gasteiger partial charge in [0.15, 0.2) is 0 Å². The highest BCUT2D eigenvalue weighted by molar-refractivity contribution is 5.81. The molecule has 1 amide bonds. The van der Waals surface area contributed by atoms with Crippen molar-refractivity contribution in [1.82, 2.24) is 10.6 Å². The molecular weight excluding hydrogens is 485 g/mol. The van der Waals surface area contributed by atoms with Gasteiger partial charge in [-0.25, -0.2) is 0 Å². The van der Waals surface area contributed by atoms with Gasteiger partial charge in [-0.05, 0) is 38.1 Å². The molecule has 226 valence electrons. The number of hydrogen-bond acceptors (Lipinski definition) is 2. The Labute approximate surface area is 233 Å². The first-order valence-corrected chi connectivity index (χ1v) is 16.1. The predicted octanol–water partition coefficient (Wildman–Crippen LogP) is 10.0. The number of hydrogen-bond donors (Lipinski definition) is 2. The van der Waals surface area contributed by atoms with E-state index in [1.807, 2.05) is 5.32 Å². The first-order valence-electron chi connectivity index (χ1n) is 16.1. The molecule has 0 rings (SSSR count). The van der Waals surface area contributed by atoms with Gasteiger partial charge in [0.25, 0.3) is 0 Å². The number of allylic oxidation sites excluding steroid dienone is 1. The number of carbonyl (C=O) groups excluding carboxylic acids is 1. The van der Waals surface area contributed by atoms with Gasteiger partial charge in [0.05, 0.1) is 0 Å². The molecule has 0 aromatic carbocycles. The standard InChI is InChI=1S/C32H61F3N2O/c1-3-5-7-9-10-11-12-15-21-27-36-28-22-16-13-19-25-30(24-18-8-6-4-2)26-20-14-17-23-29-37-31(38)32(33,34)35/h15,21,30,36H,3-14,16-20,22-29H2,1-2H3,(H,37,38). The fourth-order valence-corrected chi connectivity index (χ4v) is 4.97. The summed E-state index contributed by atoms with van der Waals surface area (Å²) in [4.78, 5) is 10.8. The molecule has 1 atom stereocenters. The molecule has 0 aliphatic rings. The summed E-state index contributed by atoms with van der Waals surface area (Å²) in [5.41, 5.74) is 0. The second-order valence-corrected chi connectivity index (χ2v) is 11.1. The topological polar surface area (TPSA) is 41.1 Å². The van der Waals surface area contributed by atoms with E-state index in [0.717, 1.165) is 38.3 Å². The fraction of sp³-hybridized carbons (Fsp3) is 0.906. The molecule has 0 aromatic rings. The van der Waals surface area contributed by atoms with Crippen LogP contribution in [-0.2, 0) is 4.79 Å². The minimum absolute atomic E-state index is 0.114. The number of nitrogens with one attached hydrogen (secondary N) is 2. The molecule has 6 heteroatoms. The Balaban J connectivity index is 3.78. The van der Waals surface area contributed by atoms with E-state index >= 15 is 0 Å². The lowest BCUT2D eigenvalue weighted by atomic mass is 9.89. The van der Waals surface area contributed by atoms with Crippen LogP contribution in [0.4, 0.5) is 13.2 Å². The zero-order valence-corrected chi connectivity index (χ0v) is 25.0. The minimum Gasteiger partial charge on any atom is -0.348 e. The summed E-state index contributed by atoms with van der Waals surface area (Å²) in [6.07, 6.45) is 27.1. The molecule has 3 nitrogen and oxygen atoms in total. The van der Waals surface area contributed by atoms with E-state index in [-0.39, 0.29) is 6.54 Å². The summed E-state index contributed by atoms with van der Waals surface area (Å²) in [6.45, 7) is 6.72. The van der Waals surface area contributed by atoms with E-state index in [0.29, 0.717) is 6.42 Å². The van der Waals surface area contributed by atoms with Crippen molar-refractivity contribution in [1.29, 1.82) is 0 Å². The van der Waals surface area contributed by atoms with Gasteiger partial charge in [0.2, 0.25) is 0 Å². The maximum Gasteiger partial charge on any atom is 0.471 e. The Morgan fingerprint density at radius 3 is 1.68 bits per heavy atom. The number of alkyl halides is 3. The molecule has 0 aliphatic heterocycles. The lowest BCUT2D eigenvalue weighted by molar-refractivity contribution is -0.173. The van der Waals surface area contributed by atoms with E-state index in [1.54, 1.807) is 0 Å². The van der Waals surface area contributed by atoms with E-state index in [2.05, 4.69) is 31.3 Å². The van der Waals surface area contributed by atoms with Crippen molar-refractivity contribution in [3.05, 3.63) is 12.2 Å². The van der Waals surface area contributed by atoms with Crippen LogP contribution in [0.2, 0.25) is 0 Å². The van der Waals surface area contributed by atoms with E-state index in [9.17, 15) is 18.0 Å². The minimum atomic E-state index is -4.77. The second kappa shape index (κ2) is 27.5. The van der Waals surface area contributed by atoms with E-state index < -0.39 is 12.1 Å². The molecule has 0 bridgehead atoms. The molecule has 0 saturated carbocycles. The van der Waals surface area contributed by atoms with Gasteiger partial charge in [-0.1, -0.05) is 142 Å². The quantitative estimate of drug-likeness (QED) is 0.0757. The van der Waals surface area contributed by atoms with Crippen molar-refractivity contribution in [3.63, 3.8) is 0 Å². The fourth-order valence-electron chi connectivity index (χ4n) is 4.97. The van der Waals surface area contributed by atoms with Gasteiger partial charge in [-0.3, -0.25) is 4.79 Å². The highest BCUT2D eigenvalue weighted by Gasteiger charge is 2.38. The van der Waals surface area contributed by atoms with Gasteiger partial charge >= 0.3 is 12.1 Å². The van der Waals surface area contributed by atoms with Gasteiger partial charge in [-0.15, -0.1) is 0 Å². The molecule has 0 heterocycles. The van der Waals surface area contributed by atoms with Crippen molar-refractivity contribution in [3.8, 4) is 0 Å². The van der Waals surface area contributed by atoms with Crippen LogP contribution in [0.5, 0.6) is 0 Å². The first kappa shape index (κ1) is 37.0. The van der Waals surface area contributed by atoms with Crippen molar-refractivity contribution in [2.45, 2.75) is 161 Å². The van der Waals surface area contributed by atoms with Crippen LogP contribution in [0.15, 0.2) is 12.2 Å². The third-order valence-corrected chi connectivity index (χ3v) is 7.42. The van der Waals surface area contributed by atoms with Crippen molar-refractivity contribution in [2.24, 2.45) is 5.92 Å². The normalized spacial score (nSPS) is 12.9. The predicted molar refractivity (Wildman–Crippen MR) is 157 cm³/mol. The summed E-state index contributed by atoms with van der Waals surface area (Å²) >= 11 is 0. The number of unbranched alkanes of at least 4 members (excludes halogenated alkanes) is 15. The zero-order chi connectivity index (χ0) is 28.2. The maximum absolute atomic E-state index is 12.2. The van der Waals surface area contributed by atoms with Crippen LogP contribution < -0.4 is 10.6 Å². The molecule has 0 radical (unpaired) electrons. The average molecular weight is 547 g/mol. The number of carbonyl (C=O) groups is 1. The number of amides is 1. The molecule has 0 fully saturated rings. The van der Waals surface area contributed by atoms with Crippen LogP contribution >= 0.6 is 0 Å².